The number of imide groups is 1. The number of carbonyl (C=O) groups is 4. The Labute approximate surface area is 240 Å². The van der Waals surface area contributed by atoms with Crippen LogP contribution in [0.1, 0.15) is 52.8 Å². The predicted octanol–water partition coefficient (Wildman–Crippen LogP) is 3.56. The van der Waals surface area contributed by atoms with E-state index >= 15 is 0 Å². The van der Waals surface area contributed by atoms with Gasteiger partial charge < -0.3 is 10.6 Å². The average Bonchev–Trinajstić information content (AvgIpc) is 3.25. The molecule has 0 radical (unpaired) electrons. The number of benzene rings is 3. The number of nitro groups is 1. The molecule has 11 nitrogen and oxygen atoms in total. The zero-order valence-electron chi connectivity index (χ0n) is 22.2. The maximum absolute atomic E-state index is 13.3. The first-order valence-electron chi connectivity index (χ1n) is 13.1. The average molecular weight is 564 g/mol. The normalized spacial score (nSPS) is 12.9. The first kappa shape index (κ1) is 27.8. The van der Waals surface area contributed by atoms with Gasteiger partial charge in [-0.2, -0.15) is 0 Å². The van der Waals surface area contributed by atoms with Crippen LogP contribution in [0.5, 0.6) is 0 Å². The van der Waals surface area contributed by atoms with Crippen molar-refractivity contribution in [2.24, 2.45) is 0 Å². The van der Waals surface area contributed by atoms with E-state index in [2.05, 4.69) is 15.6 Å². The minimum absolute atomic E-state index is 0.0746. The number of nitrogens with one attached hydrogen (secondary N) is 2. The molecule has 1 aromatic heterocycles. The molecule has 4 aromatic rings. The van der Waals surface area contributed by atoms with Crippen molar-refractivity contribution >= 4 is 29.3 Å². The van der Waals surface area contributed by atoms with Crippen LogP contribution in [0.4, 0.5) is 5.69 Å². The second kappa shape index (κ2) is 12.2. The van der Waals surface area contributed by atoms with Gasteiger partial charge in [-0.1, -0.05) is 48.5 Å². The zero-order valence-corrected chi connectivity index (χ0v) is 22.2. The number of nitro benzene ring substituents is 1. The number of rotatable bonds is 10. The number of hydrogen-bond acceptors (Lipinski definition) is 7. The first-order chi connectivity index (χ1) is 20.3. The number of fused-ring (bicyclic) bond motifs is 1. The molecule has 2 N–H and O–H groups in total. The summed E-state index contributed by atoms with van der Waals surface area (Å²) < 4.78 is 0. The highest BCUT2D eigenvalue weighted by molar-refractivity contribution is 6.21. The first-order valence-corrected chi connectivity index (χ1v) is 13.1. The van der Waals surface area contributed by atoms with Crippen LogP contribution in [0.25, 0.3) is 0 Å². The van der Waals surface area contributed by atoms with E-state index in [1.165, 1.54) is 30.3 Å². The van der Waals surface area contributed by atoms with Crippen molar-refractivity contribution in [3.05, 3.63) is 141 Å². The molecule has 1 aliphatic rings. The molecule has 210 valence electrons. The Balaban J connectivity index is 1.27. The van der Waals surface area contributed by atoms with Crippen LogP contribution in [0.15, 0.2) is 97.1 Å². The molecule has 0 unspecified atom stereocenters. The lowest BCUT2D eigenvalue weighted by molar-refractivity contribution is -0.384. The third kappa shape index (κ3) is 6.20. The summed E-state index contributed by atoms with van der Waals surface area (Å²) in [5.41, 5.74) is 2.16. The SMILES string of the molecule is O=C(NC[C@H](Cc1ccccc1)NC(=O)c1cccc(CN2C(=O)c3ccccc3C2=O)n1)c1ccc([N+](=O)[O-])cc1. The lowest BCUT2D eigenvalue weighted by Crippen LogP contribution is -2.45. The molecule has 0 spiro atoms. The highest BCUT2D eigenvalue weighted by atomic mass is 16.6. The van der Waals surface area contributed by atoms with Crippen molar-refractivity contribution in [3.8, 4) is 0 Å². The van der Waals surface area contributed by atoms with Crippen molar-refractivity contribution in [2.75, 3.05) is 6.54 Å². The van der Waals surface area contributed by atoms with Crippen molar-refractivity contribution in [3.63, 3.8) is 0 Å². The van der Waals surface area contributed by atoms with E-state index in [4.69, 9.17) is 0 Å². The predicted molar refractivity (Wildman–Crippen MR) is 152 cm³/mol. The molecule has 5 rings (SSSR count). The van der Waals surface area contributed by atoms with E-state index in [9.17, 15) is 29.3 Å². The molecule has 1 aliphatic heterocycles. The fourth-order valence-electron chi connectivity index (χ4n) is 4.62. The quantitative estimate of drug-likeness (QED) is 0.170. The Morgan fingerprint density at radius 3 is 2.10 bits per heavy atom. The van der Waals surface area contributed by atoms with Crippen LogP contribution in [0.2, 0.25) is 0 Å². The van der Waals surface area contributed by atoms with Gasteiger partial charge in [0.2, 0.25) is 0 Å². The Morgan fingerprint density at radius 2 is 1.45 bits per heavy atom. The fraction of sp³-hybridized carbons (Fsp3) is 0.129. The number of carbonyl (C=O) groups excluding carboxylic acids is 4. The molecule has 0 bridgehead atoms. The zero-order chi connectivity index (χ0) is 29.6. The maximum atomic E-state index is 13.3. The number of pyridine rings is 1. The highest BCUT2D eigenvalue weighted by Gasteiger charge is 2.35. The smallest absolute Gasteiger partial charge is 0.270 e. The molecule has 11 heteroatoms. The Morgan fingerprint density at radius 1 is 0.810 bits per heavy atom. The standard InChI is InChI=1S/C31H25N5O6/c37-28(21-13-15-24(16-14-21)36(41)42)32-18-23(17-20-7-2-1-3-8-20)34-29(38)27-12-6-9-22(33-27)19-35-30(39)25-10-4-5-11-26(25)31(35)40/h1-16,23H,17-19H2,(H,32,37)(H,34,38)/t23-/m0/s1. The summed E-state index contributed by atoms with van der Waals surface area (Å²) in [7, 11) is 0. The summed E-state index contributed by atoms with van der Waals surface area (Å²) in [6.45, 7) is -0.0165. The number of aromatic nitrogens is 1. The van der Waals surface area contributed by atoms with Gasteiger partial charge >= 0.3 is 0 Å². The Bertz CT molecular complexity index is 1640. The van der Waals surface area contributed by atoms with Crippen LogP contribution in [-0.2, 0) is 13.0 Å². The molecule has 3 aromatic carbocycles. The summed E-state index contributed by atoms with van der Waals surface area (Å²) in [6.07, 6.45) is 0.405. The topological polar surface area (TPSA) is 152 Å². The van der Waals surface area contributed by atoms with E-state index in [-0.39, 0.29) is 30.0 Å². The van der Waals surface area contributed by atoms with Crippen molar-refractivity contribution < 1.29 is 24.1 Å². The van der Waals surface area contributed by atoms with Crippen molar-refractivity contribution in [1.29, 1.82) is 0 Å². The second-order valence-electron chi connectivity index (χ2n) is 9.63. The van der Waals surface area contributed by atoms with E-state index < -0.39 is 34.6 Å². The molecular weight excluding hydrogens is 538 g/mol. The Hall–Kier alpha value is -5.71. The lowest BCUT2D eigenvalue weighted by atomic mass is 10.1. The molecule has 2 heterocycles. The third-order valence-corrected chi connectivity index (χ3v) is 6.75. The highest BCUT2D eigenvalue weighted by Crippen LogP contribution is 2.24. The molecule has 42 heavy (non-hydrogen) atoms. The minimum atomic E-state index is -0.546. The Kier molecular flexibility index (Phi) is 8.10. The van der Waals surface area contributed by atoms with E-state index in [0.717, 1.165) is 10.5 Å². The molecule has 0 fully saturated rings. The maximum Gasteiger partial charge on any atom is 0.270 e. The molecule has 0 aliphatic carbocycles. The number of amides is 4. The lowest BCUT2D eigenvalue weighted by Gasteiger charge is -2.20. The van der Waals surface area contributed by atoms with Crippen LogP contribution in [-0.4, -0.2) is 51.0 Å². The summed E-state index contributed by atoms with van der Waals surface area (Å²) >= 11 is 0. The van der Waals surface area contributed by atoms with Crippen molar-refractivity contribution in [1.82, 2.24) is 20.5 Å². The third-order valence-electron chi connectivity index (χ3n) is 6.75. The number of hydrogen-bond donors (Lipinski definition) is 2. The van der Waals surface area contributed by atoms with Crippen LogP contribution >= 0.6 is 0 Å². The van der Waals surface area contributed by atoms with Crippen LogP contribution < -0.4 is 10.6 Å². The van der Waals surface area contributed by atoms with Crippen molar-refractivity contribution in [2.45, 2.75) is 19.0 Å². The van der Waals surface area contributed by atoms with E-state index in [1.54, 1.807) is 36.4 Å². The van der Waals surface area contributed by atoms with Gasteiger partial charge in [-0.15, -0.1) is 0 Å². The molecule has 0 saturated carbocycles. The van der Waals surface area contributed by atoms with Crippen LogP contribution in [0.3, 0.4) is 0 Å². The van der Waals surface area contributed by atoms with Gasteiger partial charge in [0.25, 0.3) is 29.3 Å². The van der Waals surface area contributed by atoms with Gasteiger partial charge in [-0.05, 0) is 48.4 Å². The molecular formula is C31H25N5O6. The molecule has 4 amide bonds. The molecule has 0 saturated heterocycles. The van der Waals surface area contributed by atoms with Gasteiger partial charge in [0.1, 0.15) is 5.69 Å². The van der Waals surface area contributed by atoms with Gasteiger partial charge in [0.05, 0.1) is 34.3 Å². The van der Waals surface area contributed by atoms with Gasteiger partial charge in [0, 0.05) is 24.2 Å². The monoisotopic (exact) mass is 563 g/mol. The summed E-state index contributed by atoms with van der Waals surface area (Å²) in [4.78, 5) is 67.3. The molecule has 1 atom stereocenters. The number of non-ortho nitro benzene ring substituents is 1. The minimum Gasteiger partial charge on any atom is -0.350 e. The second-order valence-corrected chi connectivity index (χ2v) is 9.63. The fourth-order valence-corrected chi connectivity index (χ4v) is 4.62. The summed E-state index contributed by atoms with van der Waals surface area (Å²) in [5.74, 6) is -1.78. The van der Waals surface area contributed by atoms with E-state index in [0.29, 0.717) is 23.2 Å². The summed E-state index contributed by atoms with van der Waals surface area (Å²) in [5, 5.41) is 16.6. The van der Waals surface area contributed by atoms with Crippen LogP contribution in [0, 0.1) is 10.1 Å². The van der Waals surface area contributed by atoms with Gasteiger partial charge in [-0.3, -0.25) is 34.2 Å². The number of nitrogens with zero attached hydrogens (tertiary/aromatic N) is 3. The largest absolute Gasteiger partial charge is 0.350 e. The van der Waals surface area contributed by atoms with Gasteiger partial charge in [0.15, 0.2) is 0 Å². The van der Waals surface area contributed by atoms with Gasteiger partial charge in [-0.25, -0.2) is 4.98 Å². The van der Waals surface area contributed by atoms with E-state index in [1.807, 2.05) is 30.3 Å². The summed E-state index contributed by atoms with van der Waals surface area (Å²) in [6, 6.07) is 25.5.